The zero-order valence-electron chi connectivity index (χ0n) is 25.2. The van der Waals surface area contributed by atoms with Crippen molar-refractivity contribution in [3.63, 3.8) is 0 Å². The molecule has 14 heteroatoms. The second-order valence-electron chi connectivity index (χ2n) is 12.6. The van der Waals surface area contributed by atoms with Gasteiger partial charge in [0.1, 0.15) is 12.2 Å². The third-order valence-electron chi connectivity index (χ3n) is 8.83. The number of hydrogen-bond acceptors (Lipinski definition) is 7. The smallest absolute Gasteiger partial charge is 0.419 e. The van der Waals surface area contributed by atoms with E-state index in [0.29, 0.717) is 41.6 Å². The number of likely N-dealkylation sites (tertiary alicyclic amines) is 1. The summed E-state index contributed by atoms with van der Waals surface area (Å²) >= 11 is 0. The molecular formula is C31H34F5N7O2. The molecule has 1 saturated carbocycles. The molecular weight excluding hydrogens is 597 g/mol. The fraction of sp³-hybridized carbons (Fsp3) is 0.516. The van der Waals surface area contributed by atoms with Crippen molar-refractivity contribution in [2.45, 2.75) is 64.1 Å². The number of nitrogens with zero attached hydrogens (tertiary/aromatic N) is 7. The predicted octanol–water partition coefficient (Wildman–Crippen LogP) is 5.50. The van der Waals surface area contributed by atoms with Gasteiger partial charge in [0.05, 0.1) is 22.2 Å². The van der Waals surface area contributed by atoms with Crippen LogP contribution in [0.5, 0.6) is 5.88 Å². The molecule has 0 amide bonds. The Bertz CT molecular complexity index is 1760. The number of ether oxygens (including phenoxy) is 1. The molecule has 0 aromatic carbocycles. The molecule has 0 radical (unpaired) electrons. The molecule has 0 unspecified atom stereocenters. The van der Waals surface area contributed by atoms with Gasteiger partial charge in [-0.05, 0) is 67.3 Å². The Balaban J connectivity index is 1.50. The van der Waals surface area contributed by atoms with E-state index in [0.717, 1.165) is 42.6 Å². The summed E-state index contributed by atoms with van der Waals surface area (Å²) in [6, 6.07) is 4.25. The maximum absolute atomic E-state index is 14.3. The molecule has 240 valence electrons. The van der Waals surface area contributed by atoms with Crippen molar-refractivity contribution in [1.29, 1.82) is 0 Å². The molecule has 5 heterocycles. The molecule has 45 heavy (non-hydrogen) atoms. The number of rotatable bonds is 8. The molecule has 1 aliphatic carbocycles. The molecule has 0 N–H and O–H groups in total. The predicted molar refractivity (Wildman–Crippen MR) is 155 cm³/mol. The number of piperidine rings is 1. The second-order valence-corrected chi connectivity index (χ2v) is 12.6. The Morgan fingerprint density at radius 2 is 1.91 bits per heavy atom. The van der Waals surface area contributed by atoms with E-state index in [1.54, 1.807) is 30.1 Å². The molecule has 6 rings (SSSR count). The fourth-order valence-corrected chi connectivity index (χ4v) is 6.94. The molecule has 1 aliphatic heterocycles. The van der Waals surface area contributed by atoms with Crippen LogP contribution in [0.4, 0.5) is 22.0 Å². The van der Waals surface area contributed by atoms with Crippen LogP contribution in [0.25, 0.3) is 16.9 Å². The molecule has 0 bridgehead atoms. The van der Waals surface area contributed by atoms with E-state index in [2.05, 4.69) is 38.9 Å². The van der Waals surface area contributed by atoms with Crippen LogP contribution in [0, 0.1) is 11.8 Å². The van der Waals surface area contributed by atoms with Crippen molar-refractivity contribution in [3.05, 3.63) is 69.8 Å². The van der Waals surface area contributed by atoms with Crippen LogP contribution < -0.4 is 10.3 Å². The summed E-state index contributed by atoms with van der Waals surface area (Å²) in [6.07, 6.45) is -0.175. The number of fused-ring (bicyclic) bond motifs is 1. The Kier molecular flexibility index (Phi) is 8.12. The average molecular weight is 632 g/mol. The highest BCUT2D eigenvalue weighted by Crippen LogP contribution is 2.52. The van der Waals surface area contributed by atoms with Gasteiger partial charge in [0, 0.05) is 38.6 Å². The number of hydrogen-bond donors (Lipinski definition) is 0. The van der Waals surface area contributed by atoms with Crippen molar-refractivity contribution in [2.24, 2.45) is 18.9 Å². The van der Waals surface area contributed by atoms with Crippen molar-refractivity contribution in [2.75, 3.05) is 19.7 Å². The van der Waals surface area contributed by atoms with E-state index in [1.165, 1.54) is 6.20 Å². The summed E-state index contributed by atoms with van der Waals surface area (Å²) in [5, 5.41) is 8.34. The molecule has 2 fully saturated rings. The Morgan fingerprint density at radius 1 is 1.13 bits per heavy atom. The maximum Gasteiger partial charge on any atom is 0.419 e. The molecule has 2 aliphatic rings. The lowest BCUT2D eigenvalue weighted by Crippen LogP contribution is -2.43. The van der Waals surface area contributed by atoms with E-state index < -0.39 is 41.4 Å². The third-order valence-corrected chi connectivity index (χ3v) is 8.83. The van der Waals surface area contributed by atoms with Gasteiger partial charge in [-0.2, -0.15) is 13.2 Å². The van der Waals surface area contributed by atoms with Gasteiger partial charge in [0.25, 0.3) is 12.0 Å². The van der Waals surface area contributed by atoms with Crippen LogP contribution in [0.15, 0.2) is 41.7 Å². The van der Waals surface area contributed by atoms with Crippen LogP contribution in [-0.4, -0.2) is 60.2 Å². The fourth-order valence-electron chi connectivity index (χ4n) is 6.94. The van der Waals surface area contributed by atoms with Gasteiger partial charge in [0.2, 0.25) is 5.88 Å². The first-order chi connectivity index (χ1) is 21.3. The molecule has 4 aromatic heterocycles. The summed E-state index contributed by atoms with van der Waals surface area (Å²) in [7, 11) is 1.80. The van der Waals surface area contributed by atoms with Gasteiger partial charge in [-0.1, -0.05) is 13.8 Å². The summed E-state index contributed by atoms with van der Waals surface area (Å²) in [5.41, 5.74) is -2.05. The van der Waals surface area contributed by atoms with Crippen LogP contribution in [0.1, 0.15) is 62.0 Å². The molecule has 1 atom stereocenters. The van der Waals surface area contributed by atoms with Crippen LogP contribution in [0.3, 0.4) is 0 Å². The van der Waals surface area contributed by atoms with Gasteiger partial charge in [-0.25, -0.2) is 18.7 Å². The molecule has 1 saturated heterocycles. The number of halogens is 5. The minimum absolute atomic E-state index is 0.0496. The molecule has 4 aromatic rings. The highest BCUT2D eigenvalue weighted by atomic mass is 19.4. The Labute approximate surface area is 256 Å². The van der Waals surface area contributed by atoms with Crippen molar-refractivity contribution >= 4 is 5.65 Å². The summed E-state index contributed by atoms with van der Waals surface area (Å²) < 4.78 is 77.1. The van der Waals surface area contributed by atoms with E-state index in [-0.39, 0.29) is 23.7 Å². The number of alkyl halides is 5. The highest BCUT2D eigenvalue weighted by Gasteiger charge is 2.48. The number of pyridine rings is 2. The lowest BCUT2D eigenvalue weighted by atomic mass is 9.58. The topological polar surface area (TPSA) is 90.4 Å². The zero-order valence-corrected chi connectivity index (χ0v) is 25.2. The van der Waals surface area contributed by atoms with Crippen LogP contribution >= 0.6 is 0 Å². The monoisotopic (exact) mass is 631 g/mol. The Morgan fingerprint density at radius 3 is 2.56 bits per heavy atom. The lowest BCUT2D eigenvalue weighted by molar-refractivity contribution is -0.136. The first-order valence-electron chi connectivity index (χ1n) is 15.0. The molecule has 0 spiro atoms. The SMILES string of the molecule is CC1CC(c2cc(OCC(F)F)nc(-c3cnc4c(C(F)(F)F)cc(CN5CCC[C@H](C)C5)cn4c3=O)c2)(c2nncn2C)C1. The summed E-state index contributed by atoms with van der Waals surface area (Å²) in [5.74, 6) is 1.24. The van der Waals surface area contributed by atoms with E-state index in [1.807, 2.05) is 0 Å². The van der Waals surface area contributed by atoms with Gasteiger partial charge in [-0.3, -0.25) is 14.1 Å². The van der Waals surface area contributed by atoms with Gasteiger partial charge in [-0.15, -0.1) is 10.2 Å². The zero-order chi connectivity index (χ0) is 32.1. The number of aryl methyl sites for hydroxylation is 1. The molecule has 9 nitrogen and oxygen atoms in total. The average Bonchev–Trinajstić information content (AvgIpc) is 3.39. The Hall–Kier alpha value is -3.94. The first-order valence-corrected chi connectivity index (χ1v) is 15.0. The summed E-state index contributed by atoms with van der Waals surface area (Å²) in [4.78, 5) is 24.5. The quantitative estimate of drug-likeness (QED) is 0.238. The van der Waals surface area contributed by atoms with E-state index in [4.69, 9.17) is 4.74 Å². The van der Waals surface area contributed by atoms with Crippen molar-refractivity contribution < 1.29 is 26.7 Å². The van der Waals surface area contributed by atoms with Crippen LogP contribution in [0.2, 0.25) is 0 Å². The van der Waals surface area contributed by atoms with Gasteiger partial charge >= 0.3 is 6.18 Å². The minimum Gasteiger partial charge on any atom is -0.472 e. The van der Waals surface area contributed by atoms with Crippen molar-refractivity contribution in [3.8, 4) is 17.1 Å². The maximum atomic E-state index is 14.3. The van der Waals surface area contributed by atoms with Crippen molar-refractivity contribution in [1.82, 2.24) is 34.0 Å². The van der Waals surface area contributed by atoms with Gasteiger partial charge < -0.3 is 9.30 Å². The normalized spacial score (nSPS) is 22.6. The highest BCUT2D eigenvalue weighted by molar-refractivity contribution is 5.63. The first kappa shape index (κ1) is 31.1. The van der Waals surface area contributed by atoms with E-state index >= 15 is 0 Å². The lowest BCUT2D eigenvalue weighted by Gasteiger charge is -2.46. The van der Waals surface area contributed by atoms with Gasteiger partial charge in [0.15, 0.2) is 12.3 Å². The number of aromatic nitrogens is 6. The largest absolute Gasteiger partial charge is 0.472 e. The standard InChI is InChI=1S/C31H34F5N7O2/c1-18-5-4-6-42(13-18)14-20-7-23(31(34,35)36)27-37-12-22(28(44)43(27)15-20)24-8-21(9-26(39-24)45-16-25(32)33)30(10-19(2)11-30)29-40-38-17-41(29)3/h7-9,12,15,17-19,25H,4-6,10-11,13-14,16H2,1-3H3/t18-,19?,30?/m0/s1. The summed E-state index contributed by atoms with van der Waals surface area (Å²) in [6.45, 7) is 5.00. The van der Waals surface area contributed by atoms with E-state index in [9.17, 15) is 26.7 Å². The third kappa shape index (κ3) is 6.03. The second kappa shape index (κ2) is 11.8. The van der Waals surface area contributed by atoms with Crippen LogP contribution in [-0.2, 0) is 25.2 Å². The minimum atomic E-state index is -4.75.